The van der Waals surface area contributed by atoms with E-state index in [9.17, 15) is 28.7 Å². The highest BCUT2D eigenvalue weighted by atomic mass is 19.1. The fourth-order valence-electron chi connectivity index (χ4n) is 2.87. The Kier molecular flexibility index (Phi) is 8.45. The van der Waals surface area contributed by atoms with E-state index in [-0.39, 0.29) is 18.5 Å². The maximum atomic E-state index is 14.5. The summed E-state index contributed by atoms with van der Waals surface area (Å²) in [5.74, 6) is -3.56. The maximum Gasteiger partial charge on any atom is 0.326 e. The lowest BCUT2D eigenvalue weighted by atomic mass is 10.0. The molecule has 10 nitrogen and oxygen atoms in total. The summed E-state index contributed by atoms with van der Waals surface area (Å²) in [6.45, 7) is 5.36. The van der Waals surface area contributed by atoms with Crippen LogP contribution in [0.1, 0.15) is 43.2 Å². The first-order valence-electron chi connectivity index (χ1n) is 10.1. The van der Waals surface area contributed by atoms with E-state index in [1.165, 1.54) is 36.0 Å². The quantitative estimate of drug-likeness (QED) is 0.433. The zero-order chi connectivity index (χ0) is 23.8. The number of nitrogens with zero attached hydrogens (tertiary/aromatic N) is 2. The van der Waals surface area contributed by atoms with Crippen LogP contribution in [0.25, 0.3) is 0 Å². The molecule has 11 heteroatoms. The fraction of sp³-hybridized carbons (Fsp3) is 0.381. The largest absolute Gasteiger partial charge is 0.480 e. The molecule has 32 heavy (non-hydrogen) atoms. The molecule has 0 saturated carbocycles. The van der Waals surface area contributed by atoms with Crippen LogP contribution in [0, 0.1) is 5.82 Å². The van der Waals surface area contributed by atoms with Crippen molar-refractivity contribution in [1.29, 1.82) is 0 Å². The van der Waals surface area contributed by atoms with E-state index in [0.717, 1.165) is 6.07 Å². The molecule has 2 atom stereocenters. The smallest absolute Gasteiger partial charge is 0.326 e. The van der Waals surface area contributed by atoms with Crippen molar-refractivity contribution in [3.05, 3.63) is 47.5 Å². The van der Waals surface area contributed by atoms with Crippen LogP contribution in [0.4, 0.5) is 10.1 Å². The second-order valence-corrected chi connectivity index (χ2v) is 7.05. The Morgan fingerprint density at radius 3 is 2.47 bits per heavy atom. The van der Waals surface area contributed by atoms with Crippen LogP contribution in [0.2, 0.25) is 0 Å². The molecule has 0 aliphatic carbocycles. The number of nitrogens with one attached hydrogen (secondary N) is 3. The van der Waals surface area contributed by atoms with Gasteiger partial charge in [-0.1, -0.05) is 13.0 Å². The number of hydrogen-bond acceptors (Lipinski definition) is 5. The van der Waals surface area contributed by atoms with Crippen LogP contribution in [0.15, 0.2) is 30.5 Å². The Morgan fingerprint density at radius 1 is 1.16 bits per heavy atom. The van der Waals surface area contributed by atoms with Gasteiger partial charge in [-0.25, -0.2) is 9.18 Å². The summed E-state index contributed by atoms with van der Waals surface area (Å²) in [6.07, 6.45) is 1.48. The first-order chi connectivity index (χ1) is 15.2. The summed E-state index contributed by atoms with van der Waals surface area (Å²) in [4.78, 5) is 47.5. The van der Waals surface area contributed by atoms with E-state index >= 15 is 0 Å². The Balaban J connectivity index is 2.01. The number of carbonyl (C=O) groups is 4. The standard InChI is InChI=1S/C21H26FN5O5/c1-4-18(28)25-16(21(31)32)11-13-6-7-15(14(22)10-13)26-19(29)12(3)24-20(30)17-8-9-23-27(17)5-2/h6-10,12,16H,4-5,11H2,1-3H3,(H,24,30)(H,25,28)(H,26,29)(H,31,32)/t12-,16+/m0/s1. The Hall–Kier alpha value is -3.76. The number of aliphatic carboxylic acids is 1. The normalized spacial score (nSPS) is 12.5. The van der Waals surface area contributed by atoms with E-state index in [4.69, 9.17) is 0 Å². The molecule has 2 aromatic rings. The lowest BCUT2D eigenvalue weighted by Crippen LogP contribution is -2.42. The van der Waals surface area contributed by atoms with Crippen molar-refractivity contribution in [1.82, 2.24) is 20.4 Å². The molecule has 3 amide bonds. The molecule has 2 rings (SSSR count). The van der Waals surface area contributed by atoms with Gasteiger partial charge in [0, 0.05) is 25.6 Å². The van der Waals surface area contributed by atoms with Gasteiger partial charge in [-0.15, -0.1) is 0 Å². The Labute approximate surface area is 184 Å². The number of aryl methyl sites for hydroxylation is 1. The topological polar surface area (TPSA) is 142 Å². The molecule has 4 N–H and O–H groups in total. The van der Waals surface area contributed by atoms with E-state index < -0.39 is 41.6 Å². The molecule has 0 spiro atoms. The van der Waals surface area contributed by atoms with Crippen molar-refractivity contribution >= 4 is 29.4 Å². The Bertz CT molecular complexity index is 1010. The predicted octanol–water partition coefficient (Wildman–Crippen LogP) is 1.32. The van der Waals surface area contributed by atoms with Crippen LogP contribution in [0.5, 0.6) is 0 Å². The van der Waals surface area contributed by atoms with Crippen LogP contribution in [-0.4, -0.2) is 50.7 Å². The molecular formula is C21H26FN5O5. The summed E-state index contributed by atoms with van der Waals surface area (Å²) < 4.78 is 16.0. The lowest BCUT2D eigenvalue weighted by molar-refractivity contribution is -0.141. The summed E-state index contributed by atoms with van der Waals surface area (Å²) in [5, 5.41) is 20.5. The number of hydrogen-bond donors (Lipinski definition) is 4. The van der Waals surface area contributed by atoms with Gasteiger partial charge < -0.3 is 21.1 Å². The average molecular weight is 447 g/mol. The van der Waals surface area contributed by atoms with E-state index in [1.807, 2.05) is 6.92 Å². The molecule has 0 radical (unpaired) electrons. The summed E-state index contributed by atoms with van der Waals surface area (Å²) in [7, 11) is 0. The third-order valence-corrected chi connectivity index (χ3v) is 4.68. The highest BCUT2D eigenvalue weighted by Crippen LogP contribution is 2.17. The first-order valence-corrected chi connectivity index (χ1v) is 10.1. The van der Waals surface area contributed by atoms with Gasteiger partial charge in [0.05, 0.1) is 5.69 Å². The molecule has 0 unspecified atom stereocenters. The molecule has 1 aromatic heterocycles. The minimum absolute atomic E-state index is 0.121. The van der Waals surface area contributed by atoms with Gasteiger partial charge in [0.2, 0.25) is 11.8 Å². The van der Waals surface area contributed by atoms with E-state index in [0.29, 0.717) is 17.8 Å². The van der Waals surface area contributed by atoms with Crippen molar-refractivity contribution in [3.63, 3.8) is 0 Å². The molecule has 1 heterocycles. The number of amides is 3. The third kappa shape index (κ3) is 6.37. The van der Waals surface area contributed by atoms with Crippen molar-refractivity contribution in [3.8, 4) is 0 Å². The van der Waals surface area contributed by atoms with E-state index in [2.05, 4.69) is 21.0 Å². The number of carbonyl (C=O) groups excluding carboxylic acids is 3. The SMILES string of the molecule is CCC(=O)N[C@H](Cc1ccc(NC(=O)[C@H](C)NC(=O)c2ccnn2CC)c(F)c1)C(=O)O. The number of rotatable bonds is 10. The van der Waals surface area contributed by atoms with Crippen LogP contribution in [0.3, 0.4) is 0 Å². The molecule has 1 aromatic carbocycles. The zero-order valence-corrected chi connectivity index (χ0v) is 18.0. The number of anilines is 1. The van der Waals surface area contributed by atoms with Crippen molar-refractivity contribution in [2.24, 2.45) is 0 Å². The van der Waals surface area contributed by atoms with Gasteiger partial charge in [-0.3, -0.25) is 19.1 Å². The number of carboxylic acid groups (broad SMARTS) is 1. The summed E-state index contributed by atoms with van der Waals surface area (Å²) in [6, 6.07) is 3.21. The second kappa shape index (κ2) is 11.0. The third-order valence-electron chi connectivity index (χ3n) is 4.68. The first kappa shape index (κ1) is 24.5. The van der Waals surface area contributed by atoms with Crippen LogP contribution in [-0.2, 0) is 27.3 Å². The second-order valence-electron chi connectivity index (χ2n) is 7.05. The van der Waals surface area contributed by atoms with E-state index in [1.54, 1.807) is 6.92 Å². The van der Waals surface area contributed by atoms with Gasteiger partial charge >= 0.3 is 5.97 Å². The highest BCUT2D eigenvalue weighted by Gasteiger charge is 2.22. The summed E-state index contributed by atoms with van der Waals surface area (Å²) in [5.41, 5.74) is 0.507. The number of benzene rings is 1. The van der Waals surface area contributed by atoms with Crippen molar-refractivity contribution in [2.75, 3.05) is 5.32 Å². The molecule has 0 bridgehead atoms. The fourth-order valence-corrected chi connectivity index (χ4v) is 2.87. The van der Waals surface area contributed by atoms with Crippen molar-refractivity contribution in [2.45, 2.75) is 52.2 Å². The van der Waals surface area contributed by atoms with Gasteiger partial charge in [0.15, 0.2) is 0 Å². The van der Waals surface area contributed by atoms with Crippen LogP contribution < -0.4 is 16.0 Å². The Morgan fingerprint density at radius 2 is 1.88 bits per heavy atom. The molecule has 0 saturated heterocycles. The average Bonchev–Trinajstić information content (AvgIpc) is 3.23. The van der Waals surface area contributed by atoms with Gasteiger partial charge in [-0.05, 0) is 37.6 Å². The number of aromatic nitrogens is 2. The molecule has 0 aliphatic rings. The molecule has 0 fully saturated rings. The zero-order valence-electron chi connectivity index (χ0n) is 18.0. The minimum Gasteiger partial charge on any atom is -0.480 e. The molecular weight excluding hydrogens is 421 g/mol. The summed E-state index contributed by atoms with van der Waals surface area (Å²) >= 11 is 0. The van der Waals surface area contributed by atoms with Crippen molar-refractivity contribution < 1.29 is 28.7 Å². The van der Waals surface area contributed by atoms with Gasteiger partial charge in [-0.2, -0.15) is 5.10 Å². The predicted molar refractivity (Wildman–Crippen MR) is 113 cm³/mol. The molecule has 0 aliphatic heterocycles. The lowest BCUT2D eigenvalue weighted by Gasteiger charge is -2.16. The maximum absolute atomic E-state index is 14.5. The highest BCUT2D eigenvalue weighted by molar-refractivity contribution is 6.00. The van der Waals surface area contributed by atoms with Gasteiger partial charge in [0.1, 0.15) is 23.6 Å². The number of carboxylic acids is 1. The van der Waals surface area contributed by atoms with Gasteiger partial charge in [0.25, 0.3) is 5.91 Å². The van der Waals surface area contributed by atoms with Crippen LogP contribution >= 0.6 is 0 Å². The molecule has 172 valence electrons. The number of halogens is 1. The monoisotopic (exact) mass is 447 g/mol. The minimum atomic E-state index is -1.24.